The van der Waals surface area contributed by atoms with Crippen LogP contribution in [0.25, 0.3) is 0 Å². The van der Waals surface area contributed by atoms with Gasteiger partial charge in [-0.05, 0) is 44.4 Å². The molecule has 4 saturated carbocycles. The van der Waals surface area contributed by atoms with Gasteiger partial charge in [-0.25, -0.2) is 4.79 Å². The third-order valence-electron chi connectivity index (χ3n) is 5.46. The number of hydrogen-bond donors (Lipinski definition) is 1. The highest BCUT2D eigenvalue weighted by molar-refractivity contribution is 5.87. The first-order chi connectivity index (χ1) is 8.92. The van der Waals surface area contributed by atoms with Gasteiger partial charge in [0.15, 0.2) is 0 Å². The van der Waals surface area contributed by atoms with E-state index >= 15 is 0 Å². The molecule has 0 aliphatic heterocycles. The van der Waals surface area contributed by atoms with Gasteiger partial charge in [0, 0.05) is 17.4 Å². The van der Waals surface area contributed by atoms with E-state index in [2.05, 4.69) is 6.58 Å². The van der Waals surface area contributed by atoms with Gasteiger partial charge in [-0.1, -0.05) is 6.58 Å². The zero-order chi connectivity index (χ0) is 13.8. The molecule has 0 amide bonds. The van der Waals surface area contributed by atoms with Crippen LogP contribution in [0.3, 0.4) is 0 Å². The second-order valence-electron chi connectivity index (χ2n) is 6.55. The lowest BCUT2D eigenvalue weighted by atomic mass is 9.66. The third kappa shape index (κ3) is 1.80. The van der Waals surface area contributed by atoms with E-state index in [9.17, 15) is 14.7 Å². The Hall–Kier alpha value is -1.32. The summed E-state index contributed by atoms with van der Waals surface area (Å²) in [5.41, 5.74) is -0.425. The smallest absolute Gasteiger partial charge is 0.333 e. The van der Waals surface area contributed by atoms with Crippen LogP contribution in [0.2, 0.25) is 0 Å². The van der Waals surface area contributed by atoms with Crippen molar-refractivity contribution in [3.05, 3.63) is 12.2 Å². The van der Waals surface area contributed by atoms with Crippen molar-refractivity contribution in [1.82, 2.24) is 0 Å². The number of hydrogen-bond acceptors (Lipinski definition) is 3. The number of ether oxygens (including phenoxy) is 1. The summed E-state index contributed by atoms with van der Waals surface area (Å²) in [6.07, 6.45) is 4.05. The van der Waals surface area contributed by atoms with Crippen LogP contribution in [-0.4, -0.2) is 22.6 Å². The maximum Gasteiger partial charge on any atom is 0.333 e. The quantitative estimate of drug-likeness (QED) is 0.625. The molecule has 0 saturated heterocycles. The first kappa shape index (κ1) is 12.7. The molecule has 0 unspecified atom stereocenters. The van der Waals surface area contributed by atoms with E-state index in [0.29, 0.717) is 5.57 Å². The minimum Gasteiger partial charge on any atom is -0.481 e. The second-order valence-corrected chi connectivity index (χ2v) is 6.55. The minimum atomic E-state index is -0.872. The first-order valence-electron chi connectivity index (χ1n) is 7.03. The predicted octanol–water partition coefficient (Wildman–Crippen LogP) is 2.39. The normalized spacial score (nSPS) is 42.4. The largest absolute Gasteiger partial charge is 0.481 e. The highest BCUT2D eigenvalue weighted by Gasteiger charge is 2.63. The molecule has 4 bridgehead atoms. The molecule has 4 nitrogen and oxygen atoms in total. The molecular weight excluding hydrogens is 244 g/mol. The molecule has 0 aromatic rings. The van der Waals surface area contributed by atoms with Gasteiger partial charge < -0.3 is 9.84 Å². The third-order valence-corrected chi connectivity index (χ3v) is 5.46. The van der Waals surface area contributed by atoms with Gasteiger partial charge in [0.1, 0.15) is 5.60 Å². The van der Waals surface area contributed by atoms with E-state index in [4.69, 9.17) is 4.74 Å². The molecule has 4 rings (SSSR count). The Morgan fingerprint density at radius 2 is 1.68 bits per heavy atom. The number of carbonyl (C=O) groups excluding carboxylic acids is 1. The molecule has 104 valence electrons. The van der Waals surface area contributed by atoms with Crippen molar-refractivity contribution < 1.29 is 19.4 Å². The SMILES string of the molecule is C=C(C)C(=O)OC1(CC(=O)O)C2CC3CC1CC3C2. The molecule has 1 N–H and O–H groups in total. The summed E-state index contributed by atoms with van der Waals surface area (Å²) in [6, 6.07) is 0. The Labute approximate surface area is 112 Å². The molecule has 4 heteroatoms. The number of rotatable bonds is 4. The Balaban J connectivity index is 1.91. The molecule has 0 spiro atoms. The van der Waals surface area contributed by atoms with Crippen LogP contribution in [0, 0.1) is 23.7 Å². The highest BCUT2D eigenvalue weighted by Crippen LogP contribution is 2.64. The molecule has 0 aromatic carbocycles. The van der Waals surface area contributed by atoms with Crippen LogP contribution in [0.4, 0.5) is 0 Å². The van der Waals surface area contributed by atoms with Crippen molar-refractivity contribution in [3.8, 4) is 0 Å². The van der Waals surface area contributed by atoms with Gasteiger partial charge in [0.2, 0.25) is 0 Å². The average molecular weight is 264 g/mol. The van der Waals surface area contributed by atoms with Crippen LogP contribution >= 0.6 is 0 Å². The van der Waals surface area contributed by atoms with E-state index in [1.54, 1.807) is 6.92 Å². The molecule has 4 aliphatic rings. The maximum atomic E-state index is 11.9. The van der Waals surface area contributed by atoms with Gasteiger partial charge in [-0.15, -0.1) is 0 Å². The van der Waals surface area contributed by atoms with E-state index < -0.39 is 17.5 Å². The summed E-state index contributed by atoms with van der Waals surface area (Å²) in [4.78, 5) is 23.2. The number of carboxylic acid groups (broad SMARTS) is 1. The van der Waals surface area contributed by atoms with Gasteiger partial charge in [0.05, 0.1) is 6.42 Å². The fraction of sp³-hybridized carbons (Fsp3) is 0.733. The standard InChI is InChI=1S/C15H20O4/c1-8(2)14(18)19-15(7-13(16)17)11-3-9-4-12(15)6-10(9)5-11/h9-12H,1,3-7H2,2H3,(H,16,17). The summed E-state index contributed by atoms with van der Waals surface area (Å²) >= 11 is 0. The highest BCUT2D eigenvalue weighted by atomic mass is 16.6. The van der Waals surface area contributed by atoms with Crippen molar-refractivity contribution in [2.24, 2.45) is 23.7 Å². The Kier molecular flexibility index (Phi) is 2.73. The molecule has 0 aromatic heterocycles. The van der Waals surface area contributed by atoms with Crippen molar-refractivity contribution in [3.63, 3.8) is 0 Å². The fourth-order valence-corrected chi connectivity index (χ4v) is 4.74. The maximum absolute atomic E-state index is 11.9. The number of esters is 1. The zero-order valence-corrected chi connectivity index (χ0v) is 11.2. The van der Waals surface area contributed by atoms with Gasteiger partial charge in [0.25, 0.3) is 0 Å². The molecule has 4 fully saturated rings. The van der Waals surface area contributed by atoms with Crippen molar-refractivity contribution in [1.29, 1.82) is 0 Å². The van der Waals surface area contributed by atoms with E-state index in [0.717, 1.165) is 37.5 Å². The number of aliphatic carboxylic acids is 1. The van der Waals surface area contributed by atoms with Gasteiger partial charge in [-0.3, -0.25) is 4.79 Å². The number of carboxylic acids is 1. The summed E-state index contributed by atoms with van der Waals surface area (Å²) < 4.78 is 5.71. The van der Waals surface area contributed by atoms with Crippen molar-refractivity contribution >= 4 is 11.9 Å². The van der Waals surface area contributed by atoms with Crippen LogP contribution in [0.1, 0.15) is 39.0 Å². The first-order valence-corrected chi connectivity index (χ1v) is 7.03. The molecule has 0 radical (unpaired) electrons. The van der Waals surface area contributed by atoms with E-state index in [1.165, 1.54) is 0 Å². The Morgan fingerprint density at radius 1 is 1.21 bits per heavy atom. The fourth-order valence-electron chi connectivity index (χ4n) is 4.74. The van der Waals surface area contributed by atoms with Gasteiger partial charge >= 0.3 is 11.9 Å². The summed E-state index contributed by atoms with van der Waals surface area (Å²) in [5.74, 6) is 0.628. The molecular formula is C15H20O4. The number of carbonyl (C=O) groups is 2. The van der Waals surface area contributed by atoms with Crippen LogP contribution < -0.4 is 0 Å². The van der Waals surface area contributed by atoms with Crippen LogP contribution in [-0.2, 0) is 14.3 Å². The minimum absolute atomic E-state index is 0.0548. The predicted molar refractivity (Wildman–Crippen MR) is 68.3 cm³/mol. The van der Waals surface area contributed by atoms with Crippen molar-refractivity contribution in [2.75, 3.05) is 0 Å². The second kappa shape index (κ2) is 4.09. The average Bonchev–Trinajstić information content (AvgIpc) is 2.78. The lowest BCUT2D eigenvalue weighted by Crippen LogP contribution is -2.52. The molecule has 0 heterocycles. The monoisotopic (exact) mass is 264 g/mol. The molecule has 19 heavy (non-hydrogen) atoms. The van der Waals surface area contributed by atoms with Gasteiger partial charge in [-0.2, -0.15) is 0 Å². The Morgan fingerprint density at radius 3 is 2.05 bits per heavy atom. The van der Waals surface area contributed by atoms with Crippen LogP contribution in [0.5, 0.6) is 0 Å². The summed E-state index contributed by atoms with van der Waals surface area (Å²) in [7, 11) is 0. The van der Waals surface area contributed by atoms with Crippen molar-refractivity contribution in [2.45, 2.75) is 44.6 Å². The molecule has 4 aliphatic carbocycles. The van der Waals surface area contributed by atoms with E-state index in [-0.39, 0.29) is 18.3 Å². The topological polar surface area (TPSA) is 63.6 Å². The zero-order valence-electron chi connectivity index (χ0n) is 11.2. The molecule has 0 atom stereocenters. The van der Waals surface area contributed by atoms with E-state index in [1.807, 2.05) is 0 Å². The lowest BCUT2D eigenvalue weighted by molar-refractivity contribution is -0.183. The Bertz CT molecular complexity index is 423. The summed E-state index contributed by atoms with van der Waals surface area (Å²) in [6.45, 7) is 5.22. The van der Waals surface area contributed by atoms with Crippen LogP contribution in [0.15, 0.2) is 12.2 Å². The lowest BCUT2D eigenvalue weighted by Gasteiger charge is -2.46. The summed E-state index contributed by atoms with van der Waals surface area (Å²) in [5, 5.41) is 9.23.